The van der Waals surface area contributed by atoms with Crippen LogP contribution in [-0.4, -0.2) is 35.7 Å². The van der Waals surface area contributed by atoms with Gasteiger partial charge < -0.3 is 15.2 Å². The van der Waals surface area contributed by atoms with E-state index in [1.54, 1.807) is 0 Å². The molecule has 0 aliphatic carbocycles. The van der Waals surface area contributed by atoms with E-state index in [0.29, 0.717) is 18.4 Å². The van der Waals surface area contributed by atoms with Crippen molar-refractivity contribution < 1.29 is 14.3 Å². The van der Waals surface area contributed by atoms with Gasteiger partial charge in [-0.05, 0) is 18.8 Å². The molecular weight excluding hydrogens is 222 g/mol. The molecule has 1 saturated heterocycles. The summed E-state index contributed by atoms with van der Waals surface area (Å²) in [5.74, 6) is 0.291. The number of rotatable bonds is 4. The van der Waals surface area contributed by atoms with Crippen LogP contribution in [-0.2, 0) is 4.74 Å². The quantitative estimate of drug-likeness (QED) is 0.818. The Labute approximate surface area is 99.1 Å². The van der Waals surface area contributed by atoms with Crippen LogP contribution in [0, 0.1) is 5.92 Å². The summed E-state index contributed by atoms with van der Waals surface area (Å²) in [5, 5.41) is 0. The Balaban J connectivity index is 1.89. The molecule has 1 aromatic heterocycles. The van der Waals surface area contributed by atoms with E-state index in [-0.39, 0.29) is 5.69 Å². The second kappa shape index (κ2) is 5.58. The average Bonchev–Trinajstić information content (AvgIpc) is 2.38. The van der Waals surface area contributed by atoms with Crippen LogP contribution in [0.3, 0.4) is 0 Å². The number of primary amides is 1. The third kappa shape index (κ3) is 3.39. The summed E-state index contributed by atoms with van der Waals surface area (Å²) in [6.07, 6.45) is 3.26. The minimum absolute atomic E-state index is 0.168. The summed E-state index contributed by atoms with van der Waals surface area (Å²) in [6, 6.07) is 1.46. The Bertz CT molecular complexity index is 391. The highest BCUT2D eigenvalue weighted by molar-refractivity contribution is 5.90. The highest BCUT2D eigenvalue weighted by Crippen LogP contribution is 2.16. The number of amides is 1. The molecule has 0 atom stereocenters. The van der Waals surface area contributed by atoms with Crippen molar-refractivity contribution in [3.05, 3.63) is 18.1 Å². The highest BCUT2D eigenvalue weighted by Gasteiger charge is 2.15. The first-order chi connectivity index (χ1) is 8.25. The fourth-order valence-electron chi connectivity index (χ4n) is 1.67. The topological polar surface area (TPSA) is 87.3 Å². The minimum Gasteiger partial charge on any atom is -0.477 e. The van der Waals surface area contributed by atoms with Gasteiger partial charge in [0.2, 0.25) is 5.88 Å². The molecule has 92 valence electrons. The Hall–Kier alpha value is -1.69. The molecule has 1 amide bonds. The van der Waals surface area contributed by atoms with Gasteiger partial charge in [-0.2, -0.15) is 0 Å². The molecule has 2 rings (SSSR count). The lowest BCUT2D eigenvalue weighted by molar-refractivity contribution is 0.0490. The predicted molar refractivity (Wildman–Crippen MR) is 59.6 cm³/mol. The molecule has 6 heteroatoms. The van der Waals surface area contributed by atoms with Gasteiger partial charge >= 0.3 is 0 Å². The number of aromatic nitrogens is 2. The first-order valence-corrected chi connectivity index (χ1v) is 5.58. The first kappa shape index (κ1) is 11.8. The third-order valence-electron chi connectivity index (χ3n) is 2.70. The normalized spacial score (nSPS) is 16.7. The smallest absolute Gasteiger partial charge is 0.267 e. The Kier molecular flexibility index (Phi) is 3.87. The number of nitrogens with two attached hydrogens (primary N) is 1. The van der Waals surface area contributed by atoms with Gasteiger partial charge in [0, 0.05) is 19.3 Å². The van der Waals surface area contributed by atoms with Gasteiger partial charge in [0.15, 0.2) is 0 Å². The van der Waals surface area contributed by atoms with Crippen molar-refractivity contribution in [3.8, 4) is 5.88 Å². The number of nitrogens with zero attached hydrogens (tertiary/aromatic N) is 2. The minimum atomic E-state index is -0.580. The van der Waals surface area contributed by atoms with E-state index < -0.39 is 5.91 Å². The second-order valence-corrected chi connectivity index (χ2v) is 3.97. The van der Waals surface area contributed by atoms with Gasteiger partial charge in [0.1, 0.15) is 12.0 Å². The maximum atomic E-state index is 10.9. The van der Waals surface area contributed by atoms with Crippen LogP contribution in [0.5, 0.6) is 5.88 Å². The van der Waals surface area contributed by atoms with E-state index in [4.69, 9.17) is 15.2 Å². The van der Waals surface area contributed by atoms with Crippen LogP contribution >= 0.6 is 0 Å². The second-order valence-electron chi connectivity index (χ2n) is 3.97. The molecule has 1 aliphatic rings. The molecular formula is C11H15N3O3. The van der Waals surface area contributed by atoms with Crippen LogP contribution in [0.2, 0.25) is 0 Å². The van der Waals surface area contributed by atoms with Crippen molar-refractivity contribution in [2.75, 3.05) is 19.8 Å². The lowest BCUT2D eigenvalue weighted by Gasteiger charge is -2.21. The molecule has 2 heterocycles. The molecule has 17 heavy (non-hydrogen) atoms. The molecule has 6 nitrogen and oxygen atoms in total. The zero-order valence-electron chi connectivity index (χ0n) is 9.46. The van der Waals surface area contributed by atoms with E-state index in [1.807, 2.05) is 0 Å². The van der Waals surface area contributed by atoms with Crippen LogP contribution < -0.4 is 10.5 Å². The summed E-state index contributed by atoms with van der Waals surface area (Å²) in [7, 11) is 0. The lowest BCUT2D eigenvalue weighted by atomic mass is 10.0. The molecule has 0 spiro atoms. The van der Waals surface area contributed by atoms with Gasteiger partial charge in [-0.15, -0.1) is 0 Å². The Morgan fingerprint density at radius 1 is 1.47 bits per heavy atom. The number of ether oxygens (including phenoxy) is 2. The largest absolute Gasteiger partial charge is 0.477 e. The number of carbonyl (C=O) groups excluding carboxylic acids is 1. The number of hydrogen-bond acceptors (Lipinski definition) is 5. The van der Waals surface area contributed by atoms with Crippen LogP contribution in [0.1, 0.15) is 23.3 Å². The van der Waals surface area contributed by atoms with Gasteiger partial charge in [0.25, 0.3) is 5.91 Å². The third-order valence-corrected chi connectivity index (χ3v) is 2.70. The van der Waals surface area contributed by atoms with E-state index >= 15 is 0 Å². The van der Waals surface area contributed by atoms with Crippen molar-refractivity contribution in [3.63, 3.8) is 0 Å². The van der Waals surface area contributed by atoms with Gasteiger partial charge in [-0.25, -0.2) is 9.97 Å². The van der Waals surface area contributed by atoms with Crippen molar-refractivity contribution in [1.29, 1.82) is 0 Å². The van der Waals surface area contributed by atoms with E-state index in [0.717, 1.165) is 26.1 Å². The molecule has 0 aromatic carbocycles. The molecule has 0 unspecified atom stereocenters. The summed E-state index contributed by atoms with van der Waals surface area (Å²) in [6.45, 7) is 2.15. The molecule has 1 aromatic rings. The first-order valence-electron chi connectivity index (χ1n) is 5.58. The summed E-state index contributed by atoms with van der Waals surface area (Å²) in [4.78, 5) is 18.6. The molecule has 1 aliphatic heterocycles. The van der Waals surface area contributed by atoms with E-state index in [1.165, 1.54) is 12.4 Å². The monoisotopic (exact) mass is 237 g/mol. The molecule has 0 radical (unpaired) electrons. The fraction of sp³-hybridized carbons (Fsp3) is 0.545. The zero-order chi connectivity index (χ0) is 12.1. The van der Waals surface area contributed by atoms with E-state index in [9.17, 15) is 4.79 Å². The standard InChI is InChI=1S/C11H15N3O3/c12-11(15)9-5-10(14-7-13-9)17-6-8-1-3-16-4-2-8/h5,7-8H,1-4,6H2,(H2,12,15). The average molecular weight is 237 g/mol. The summed E-state index contributed by atoms with van der Waals surface area (Å²) < 4.78 is 10.8. The fourth-order valence-corrected chi connectivity index (χ4v) is 1.67. The molecule has 1 fully saturated rings. The number of carbonyl (C=O) groups is 1. The van der Waals surface area contributed by atoms with Crippen molar-refractivity contribution >= 4 is 5.91 Å². The molecule has 0 saturated carbocycles. The van der Waals surface area contributed by atoms with Gasteiger partial charge in [0.05, 0.1) is 6.61 Å². The highest BCUT2D eigenvalue weighted by atomic mass is 16.5. The Morgan fingerprint density at radius 2 is 2.24 bits per heavy atom. The van der Waals surface area contributed by atoms with Crippen LogP contribution in [0.15, 0.2) is 12.4 Å². The summed E-state index contributed by atoms with van der Waals surface area (Å²) in [5.41, 5.74) is 5.29. The van der Waals surface area contributed by atoms with Crippen molar-refractivity contribution in [2.24, 2.45) is 11.7 Å². The van der Waals surface area contributed by atoms with Crippen LogP contribution in [0.25, 0.3) is 0 Å². The molecule has 2 N–H and O–H groups in total. The predicted octanol–water partition coefficient (Wildman–Crippen LogP) is 0.381. The van der Waals surface area contributed by atoms with Gasteiger partial charge in [-0.3, -0.25) is 4.79 Å². The SMILES string of the molecule is NC(=O)c1cc(OCC2CCOCC2)ncn1. The summed E-state index contributed by atoms with van der Waals surface area (Å²) >= 11 is 0. The lowest BCUT2D eigenvalue weighted by Crippen LogP contribution is -2.22. The van der Waals surface area contributed by atoms with Crippen molar-refractivity contribution in [2.45, 2.75) is 12.8 Å². The van der Waals surface area contributed by atoms with E-state index in [2.05, 4.69) is 9.97 Å². The maximum Gasteiger partial charge on any atom is 0.267 e. The van der Waals surface area contributed by atoms with Crippen molar-refractivity contribution in [1.82, 2.24) is 9.97 Å². The van der Waals surface area contributed by atoms with Crippen LogP contribution in [0.4, 0.5) is 0 Å². The zero-order valence-corrected chi connectivity index (χ0v) is 9.46. The maximum absolute atomic E-state index is 10.9. The molecule has 0 bridgehead atoms. The number of hydrogen-bond donors (Lipinski definition) is 1. The van der Waals surface area contributed by atoms with Gasteiger partial charge in [-0.1, -0.05) is 0 Å². The Morgan fingerprint density at radius 3 is 2.94 bits per heavy atom.